The van der Waals surface area contributed by atoms with E-state index in [0.717, 1.165) is 14.8 Å². The normalized spacial score (nSPS) is 12.1. The van der Waals surface area contributed by atoms with Crippen LogP contribution in [0.1, 0.15) is 23.4 Å². The largest absolute Gasteiger partial charge is 0.350 e. The summed E-state index contributed by atoms with van der Waals surface area (Å²) in [5.41, 5.74) is 1.11. The van der Waals surface area contributed by atoms with Crippen LogP contribution in [0.15, 0.2) is 36.7 Å². The van der Waals surface area contributed by atoms with E-state index in [1.54, 1.807) is 12.4 Å². The van der Waals surface area contributed by atoms with Crippen molar-refractivity contribution < 1.29 is 4.79 Å². The van der Waals surface area contributed by atoms with E-state index in [0.29, 0.717) is 6.54 Å². The smallest absolute Gasteiger partial charge is 0.234 e. The van der Waals surface area contributed by atoms with Crippen LogP contribution in [0.5, 0.6) is 0 Å². The van der Waals surface area contributed by atoms with E-state index in [1.165, 1.54) is 11.3 Å². The zero-order chi connectivity index (χ0) is 14.4. The van der Waals surface area contributed by atoms with Crippen LogP contribution in [0.3, 0.4) is 0 Å². The number of aromatic nitrogens is 1. The molecule has 0 radical (unpaired) electrons. The quantitative estimate of drug-likeness (QED) is 0.862. The zero-order valence-corrected chi connectivity index (χ0v) is 12.7. The van der Waals surface area contributed by atoms with Crippen LogP contribution in [0.25, 0.3) is 0 Å². The van der Waals surface area contributed by atoms with Crippen molar-refractivity contribution >= 4 is 28.8 Å². The SMILES string of the molecule is C[C@H](NCC(=O)NCc1ccc(Cl)s1)c1ccncc1. The van der Waals surface area contributed by atoms with E-state index in [4.69, 9.17) is 11.6 Å². The maximum atomic E-state index is 11.7. The third-order valence-corrected chi connectivity index (χ3v) is 4.09. The number of amides is 1. The van der Waals surface area contributed by atoms with Crippen LogP contribution in [0, 0.1) is 0 Å². The molecule has 2 rings (SSSR count). The highest BCUT2D eigenvalue weighted by Gasteiger charge is 2.07. The van der Waals surface area contributed by atoms with Gasteiger partial charge in [0, 0.05) is 23.3 Å². The highest BCUT2D eigenvalue weighted by molar-refractivity contribution is 7.16. The highest BCUT2D eigenvalue weighted by atomic mass is 35.5. The van der Waals surface area contributed by atoms with E-state index in [9.17, 15) is 4.79 Å². The number of carbonyl (C=O) groups excluding carboxylic acids is 1. The number of pyridine rings is 1. The molecular weight excluding hydrogens is 294 g/mol. The first kappa shape index (κ1) is 15.0. The molecule has 0 aliphatic heterocycles. The number of nitrogens with one attached hydrogen (secondary N) is 2. The van der Waals surface area contributed by atoms with Crippen molar-refractivity contribution in [3.05, 3.63) is 51.4 Å². The predicted molar refractivity (Wildman–Crippen MR) is 81.8 cm³/mol. The number of hydrogen-bond acceptors (Lipinski definition) is 4. The molecule has 4 nitrogen and oxygen atoms in total. The Labute approximate surface area is 127 Å². The standard InChI is InChI=1S/C14H16ClN3OS/c1-10(11-4-6-16-7-5-11)17-9-14(19)18-8-12-2-3-13(15)20-12/h2-7,10,17H,8-9H2,1H3,(H,18,19)/t10-/m0/s1. The van der Waals surface area contributed by atoms with Crippen molar-refractivity contribution in [2.45, 2.75) is 19.5 Å². The molecule has 6 heteroatoms. The van der Waals surface area contributed by atoms with E-state index in [2.05, 4.69) is 15.6 Å². The Morgan fingerprint density at radius 3 is 2.75 bits per heavy atom. The molecular formula is C14H16ClN3OS. The molecule has 0 fully saturated rings. The van der Waals surface area contributed by atoms with Gasteiger partial charge in [0.2, 0.25) is 5.91 Å². The topological polar surface area (TPSA) is 54.0 Å². The lowest BCUT2D eigenvalue weighted by Gasteiger charge is -2.13. The lowest BCUT2D eigenvalue weighted by atomic mass is 10.1. The molecule has 0 spiro atoms. The van der Waals surface area contributed by atoms with Gasteiger partial charge in [-0.1, -0.05) is 11.6 Å². The number of nitrogens with zero attached hydrogens (tertiary/aromatic N) is 1. The number of halogens is 1. The van der Waals surface area contributed by atoms with Gasteiger partial charge in [-0.3, -0.25) is 9.78 Å². The maximum absolute atomic E-state index is 11.7. The average Bonchev–Trinajstić information content (AvgIpc) is 2.89. The fourth-order valence-electron chi connectivity index (χ4n) is 1.71. The van der Waals surface area contributed by atoms with Crippen LogP contribution in [0.2, 0.25) is 4.34 Å². The van der Waals surface area contributed by atoms with Crippen LogP contribution in [-0.4, -0.2) is 17.4 Å². The van der Waals surface area contributed by atoms with Crippen LogP contribution >= 0.6 is 22.9 Å². The second kappa shape index (κ2) is 7.38. The monoisotopic (exact) mass is 309 g/mol. The average molecular weight is 310 g/mol. The molecule has 2 aromatic heterocycles. The van der Waals surface area contributed by atoms with Gasteiger partial charge in [0.15, 0.2) is 0 Å². The molecule has 0 saturated heterocycles. The molecule has 0 unspecified atom stereocenters. The lowest BCUT2D eigenvalue weighted by molar-refractivity contribution is -0.120. The number of hydrogen-bond donors (Lipinski definition) is 2. The first-order valence-corrected chi connectivity index (χ1v) is 7.49. The van der Waals surface area contributed by atoms with Crippen LogP contribution in [-0.2, 0) is 11.3 Å². The van der Waals surface area contributed by atoms with Crippen molar-refractivity contribution in [2.24, 2.45) is 0 Å². The minimum absolute atomic E-state index is 0.0320. The molecule has 106 valence electrons. The summed E-state index contributed by atoms with van der Waals surface area (Å²) >= 11 is 7.31. The Balaban J connectivity index is 1.72. The van der Waals surface area contributed by atoms with Crippen molar-refractivity contribution in [2.75, 3.05) is 6.54 Å². The van der Waals surface area contributed by atoms with Gasteiger partial charge in [0.25, 0.3) is 0 Å². The summed E-state index contributed by atoms with van der Waals surface area (Å²) in [7, 11) is 0. The highest BCUT2D eigenvalue weighted by Crippen LogP contribution is 2.20. The summed E-state index contributed by atoms with van der Waals surface area (Å²) in [5, 5.41) is 6.03. The lowest BCUT2D eigenvalue weighted by Crippen LogP contribution is -2.34. The minimum Gasteiger partial charge on any atom is -0.350 e. The molecule has 1 atom stereocenters. The van der Waals surface area contributed by atoms with Gasteiger partial charge in [0.1, 0.15) is 0 Å². The summed E-state index contributed by atoms with van der Waals surface area (Å²) < 4.78 is 0.735. The molecule has 0 aliphatic rings. The molecule has 0 aliphatic carbocycles. The van der Waals surface area contributed by atoms with Crippen molar-refractivity contribution in [1.29, 1.82) is 0 Å². The Morgan fingerprint density at radius 1 is 1.35 bits per heavy atom. The molecule has 0 bridgehead atoms. The zero-order valence-electron chi connectivity index (χ0n) is 11.1. The molecule has 2 heterocycles. The Hall–Kier alpha value is -1.43. The van der Waals surface area contributed by atoms with Crippen LogP contribution in [0.4, 0.5) is 0 Å². The van der Waals surface area contributed by atoms with Gasteiger partial charge < -0.3 is 10.6 Å². The van der Waals surface area contributed by atoms with E-state index < -0.39 is 0 Å². The molecule has 2 aromatic rings. The summed E-state index contributed by atoms with van der Waals surface area (Å²) in [6, 6.07) is 7.73. The molecule has 20 heavy (non-hydrogen) atoms. The van der Waals surface area contributed by atoms with Crippen molar-refractivity contribution in [3.63, 3.8) is 0 Å². The number of thiophene rings is 1. The first-order chi connectivity index (χ1) is 9.65. The molecule has 0 saturated carbocycles. The van der Waals surface area contributed by atoms with Gasteiger partial charge in [-0.25, -0.2) is 0 Å². The van der Waals surface area contributed by atoms with Crippen LogP contribution < -0.4 is 10.6 Å². The fourth-order valence-corrected chi connectivity index (χ4v) is 2.74. The van der Waals surface area contributed by atoms with E-state index in [-0.39, 0.29) is 18.5 Å². The fraction of sp³-hybridized carbons (Fsp3) is 0.286. The molecule has 0 aromatic carbocycles. The first-order valence-electron chi connectivity index (χ1n) is 6.29. The summed E-state index contributed by atoms with van der Waals surface area (Å²) in [6.45, 7) is 2.81. The van der Waals surface area contributed by atoms with Crippen molar-refractivity contribution in [3.8, 4) is 0 Å². The Morgan fingerprint density at radius 2 is 2.10 bits per heavy atom. The van der Waals surface area contributed by atoms with Gasteiger partial charge in [-0.2, -0.15) is 0 Å². The van der Waals surface area contributed by atoms with Gasteiger partial charge in [0.05, 0.1) is 17.4 Å². The minimum atomic E-state index is -0.0320. The Kier molecular flexibility index (Phi) is 5.52. The number of carbonyl (C=O) groups is 1. The maximum Gasteiger partial charge on any atom is 0.234 e. The van der Waals surface area contributed by atoms with E-state index >= 15 is 0 Å². The molecule has 1 amide bonds. The summed E-state index contributed by atoms with van der Waals surface area (Å²) in [4.78, 5) is 16.8. The van der Waals surface area contributed by atoms with Crippen molar-refractivity contribution in [1.82, 2.24) is 15.6 Å². The predicted octanol–water partition coefficient (Wildman–Crippen LogP) is 2.76. The van der Waals surface area contributed by atoms with E-state index in [1.807, 2.05) is 31.2 Å². The van der Waals surface area contributed by atoms with Gasteiger partial charge in [-0.15, -0.1) is 11.3 Å². The summed E-state index contributed by atoms with van der Waals surface area (Å²) in [5.74, 6) is -0.0320. The number of rotatable bonds is 6. The third kappa shape index (κ3) is 4.59. The molecule has 2 N–H and O–H groups in total. The third-order valence-electron chi connectivity index (χ3n) is 2.86. The van der Waals surface area contributed by atoms with Gasteiger partial charge in [-0.05, 0) is 36.8 Å². The Bertz CT molecular complexity index is 559. The second-order valence-corrected chi connectivity index (χ2v) is 6.17. The summed E-state index contributed by atoms with van der Waals surface area (Å²) in [6.07, 6.45) is 3.49. The van der Waals surface area contributed by atoms with Gasteiger partial charge >= 0.3 is 0 Å². The second-order valence-electron chi connectivity index (χ2n) is 4.37.